The predicted molar refractivity (Wildman–Crippen MR) is 150 cm³/mol. The van der Waals surface area contributed by atoms with Crippen molar-refractivity contribution in [1.29, 1.82) is 0 Å². The molecule has 38 heavy (non-hydrogen) atoms. The van der Waals surface area contributed by atoms with Crippen LogP contribution in [0.15, 0.2) is 41.3 Å². The molecule has 0 radical (unpaired) electrons. The number of aryl methyl sites for hydroxylation is 1. The zero-order valence-corrected chi connectivity index (χ0v) is 23.5. The molecule has 204 valence electrons. The molecule has 7 nitrogen and oxygen atoms in total. The number of thiazole rings is 1. The Morgan fingerprint density at radius 2 is 2.03 bits per heavy atom. The van der Waals surface area contributed by atoms with Crippen LogP contribution in [0.5, 0.6) is 0 Å². The van der Waals surface area contributed by atoms with E-state index in [1.54, 1.807) is 11.0 Å². The lowest BCUT2D eigenvalue weighted by Gasteiger charge is -2.34. The van der Waals surface area contributed by atoms with Crippen LogP contribution in [0.3, 0.4) is 0 Å². The summed E-state index contributed by atoms with van der Waals surface area (Å²) in [6, 6.07) is 10.4. The summed E-state index contributed by atoms with van der Waals surface area (Å²) < 4.78 is 44.3. The number of carbonyl (C=O) groups excluding carboxylic acids is 1. The van der Waals surface area contributed by atoms with E-state index in [0.717, 1.165) is 40.6 Å². The van der Waals surface area contributed by atoms with Gasteiger partial charge in [-0.15, -0.1) is 11.3 Å². The van der Waals surface area contributed by atoms with Crippen LogP contribution in [0.25, 0.3) is 10.2 Å². The fraction of sp³-hybridized carbons (Fsp3) is 0.500. The van der Waals surface area contributed by atoms with Gasteiger partial charge in [0.1, 0.15) is 10.9 Å². The quantitative estimate of drug-likeness (QED) is 0.418. The van der Waals surface area contributed by atoms with Crippen molar-refractivity contribution in [2.45, 2.75) is 56.9 Å². The minimum atomic E-state index is -4.03. The molecule has 1 saturated heterocycles. The molecule has 5 rings (SSSR count). The van der Waals surface area contributed by atoms with Crippen molar-refractivity contribution >= 4 is 43.2 Å². The van der Waals surface area contributed by atoms with Crippen LogP contribution in [0.4, 0.5) is 10.1 Å². The smallest absolute Gasteiger partial charge is 0.243 e. The number of halogens is 1. The Morgan fingerprint density at radius 3 is 2.76 bits per heavy atom. The molecule has 2 aliphatic rings. The van der Waals surface area contributed by atoms with E-state index < -0.39 is 16.1 Å². The van der Waals surface area contributed by atoms with Crippen molar-refractivity contribution in [3.63, 3.8) is 0 Å². The molecular formula is C28H35FN4O3S2. The Morgan fingerprint density at radius 1 is 1.26 bits per heavy atom. The van der Waals surface area contributed by atoms with Crippen LogP contribution in [0.2, 0.25) is 0 Å². The Labute approximate surface area is 227 Å². The minimum Gasteiger partial charge on any atom is -0.383 e. The number of hydrogen-bond donors (Lipinski definition) is 2. The zero-order valence-electron chi connectivity index (χ0n) is 21.9. The molecule has 0 aliphatic carbocycles. The lowest BCUT2D eigenvalue weighted by molar-refractivity contribution is -0.134. The molecule has 0 saturated carbocycles. The maximum atomic E-state index is 13.9. The maximum Gasteiger partial charge on any atom is 0.243 e. The normalized spacial score (nSPS) is 19.2. The van der Waals surface area contributed by atoms with E-state index >= 15 is 0 Å². The monoisotopic (exact) mass is 558 g/mol. The SMILES string of the molecule is Cc1cc2c(c(S(=O)(=O)N[C@@H](Cc3nc4ccccc4s3)C(=O)N3CCC(CCF)CC3)c1)NCC(C)C2. The molecule has 2 aliphatic heterocycles. The van der Waals surface area contributed by atoms with E-state index in [4.69, 9.17) is 0 Å². The first-order valence-electron chi connectivity index (χ1n) is 13.3. The summed E-state index contributed by atoms with van der Waals surface area (Å²) in [6.07, 6.45) is 2.93. The van der Waals surface area contributed by atoms with Gasteiger partial charge in [0.25, 0.3) is 0 Å². The summed E-state index contributed by atoms with van der Waals surface area (Å²) >= 11 is 1.47. The van der Waals surface area contributed by atoms with Gasteiger partial charge in [0.2, 0.25) is 15.9 Å². The van der Waals surface area contributed by atoms with Gasteiger partial charge in [-0.3, -0.25) is 9.18 Å². The van der Waals surface area contributed by atoms with Gasteiger partial charge >= 0.3 is 0 Å². The van der Waals surface area contributed by atoms with Gasteiger partial charge < -0.3 is 10.2 Å². The largest absolute Gasteiger partial charge is 0.383 e. The molecule has 3 heterocycles. The molecule has 2 aromatic carbocycles. The average Bonchev–Trinajstić information content (AvgIpc) is 3.30. The first kappa shape index (κ1) is 27.0. The summed E-state index contributed by atoms with van der Waals surface area (Å²) in [7, 11) is -4.03. The zero-order chi connectivity index (χ0) is 26.9. The highest BCUT2D eigenvalue weighted by Crippen LogP contribution is 2.33. The average molecular weight is 559 g/mol. The molecular weight excluding hydrogens is 523 g/mol. The molecule has 1 unspecified atom stereocenters. The Balaban J connectivity index is 1.44. The number of para-hydroxylation sites is 1. The van der Waals surface area contributed by atoms with Gasteiger partial charge in [-0.2, -0.15) is 4.72 Å². The van der Waals surface area contributed by atoms with Crippen molar-refractivity contribution < 1.29 is 17.6 Å². The van der Waals surface area contributed by atoms with Crippen LogP contribution in [-0.2, 0) is 27.7 Å². The highest BCUT2D eigenvalue weighted by Gasteiger charge is 2.34. The van der Waals surface area contributed by atoms with Gasteiger partial charge in [0.05, 0.1) is 27.6 Å². The van der Waals surface area contributed by atoms with Gasteiger partial charge in [-0.25, -0.2) is 13.4 Å². The molecule has 3 aromatic rings. The minimum absolute atomic E-state index is 0.167. The highest BCUT2D eigenvalue weighted by atomic mass is 32.2. The number of nitrogens with zero attached hydrogens (tertiary/aromatic N) is 2. The van der Waals surface area contributed by atoms with E-state index in [0.29, 0.717) is 42.7 Å². The summed E-state index contributed by atoms with van der Waals surface area (Å²) in [5, 5.41) is 4.02. The Kier molecular flexibility index (Phi) is 8.02. The topological polar surface area (TPSA) is 91.4 Å². The fourth-order valence-corrected chi connectivity index (χ4v) is 8.06. The van der Waals surface area contributed by atoms with Crippen molar-refractivity contribution in [3.05, 3.63) is 52.5 Å². The van der Waals surface area contributed by atoms with Crippen LogP contribution in [0.1, 0.15) is 42.3 Å². The second kappa shape index (κ2) is 11.3. The Hall–Kier alpha value is -2.56. The number of piperidine rings is 1. The van der Waals surface area contributed by atoms with Crippen molar-refractivity contribution in [2.24, 2.45) is 11.8 Å². The highest BCUT2D eigenvalue weighted by molar-refractivity contribution is 7.89. The second-order valence-electron chi connectivity index (χ2n) is 10.7. The van der Waals surface area contributed by atoms with Crippen LogP contribution >= 0.6 is 11.3 Å². The first-order chi connectivity index (χ1) is 18.2. The number of benzene rings is 2. The fourth-order valence-electron chi connectivity index (χ4n) is 5.55. The molecule has 1 aromatic heterocycles. The lowest BCUT2D eigenvalue weighted by Crippen LogP contribution is -2.51. The van der Waals surface area contributed by atoms with Crippen molar-refractivity contribution in [2.75, 3.05) is 31.6 Å². The molecule has 1 amide bonds. The lowest BCUT2D eigenvalue weighted by atomic mass is 9.93. The number of anilines is 1. The van der Waals surface area contributed by atoms with E-state index in [-0.39, 0.29) is 29.8 Å². The number of aromatic nitrogens is 1. The van der Waals surface area contributed by atoms with E-state index in [2.05, 4.69) is 21.9 Å². The van der Waals surface area contributed by atoms with Crippen LogP contribution in [-0.4, -0.2) is 56.6 Å². The third kappa shape index (κ3) is 5.87. The van der Waals surface area contributed by atoms with E-state index in [1.165, 1.54) is 11.3 Å². The molecule has 2 N–H and O–H groups in total. The number of nitrogens with one attached hydrogen (secondary N) is 2. The number of hydrogen-bond acceptors (Lipinski definition) is 6. The third-order valence-corrected chi connectivity index (χ3v) is 10.1. The third-order valence-electron chi connectivity index (χ3n) is 7.57. The number of likely N-dealkylation sites (tertiary alicyclic amines) is 1. The summed E-state index contributed by atoms with van der Waals surface area (Å²) in [6.45, 7) is 5.37. The second-order valence-corrected chi connectivity index (χ2v) is 13.5. The van der Waals surface area contributed by atoms with E-state index in [1.807, 2.05) is 37.3 Å². The van der Waals surface area contributed by atoms with Crippen LogP contribution in [0, 0.1) is 18.8 Å². The maximum absolute atomic E-state index is 13.9. The predicted octanol–water partition coefficient (Wildman–Crippen LogP) is 4.70. The summed E-state index contributed by atoms with van der Waals surface area (Å²) in [5.41, 5.74) is 3.30. The summed E-state index contributed by atoms with van der Waals surface area (Å²) in [4.78, 5) is 20.4. The molecule has 0 spiro atoms. The van der Waals surface area contributed by atoms with Crippen molar-refractivity contribution in [3.8, 4) is 0 Å². The molecule has 0 bridgehead atoms. The number of sulfonamides is 1. The van der Waals surface area contributed by atoms with Crippen LogP contribution < -0.4 is 10.0 Å². The molecule has 2 atom stereocenters. The number of amides is 1. The standard InChI is InChI=1S/C28H35FN4O3S2/c1-18-13-21-14-19(2)17-30-27(21)25(15-18)38(35,36)32-23(16-26-31-22-5-3-4-6-24(22)37-26)28(34)33-11-8-20(7-10-29)9-12-33/h3-6,13,15,19-20,23,30,32H,7-12,14,16-17H2,1-2H3/t19?,23-/m0/s1. The van der Waals surface area contributed by atoms with Gasteiger partial charge in [-0.05, 0) is 73.8 Å². The molecule has 10 heteroatoms. The summed E-state index contributed by atoms with van der Waals surface area (Å²) in [5.74, 6) is 0.409. The first-order valence-corrected chi connectivity index (χ1v) is 15.6. The van der Waals surface area contributed by atoms with Gasteiger partial charge in [-0.1, -0.05) is 25.1 Å². The number of rotatable bonds is 8. The van der Waals surface area contributed by atoms with Gasteiger partial charge in [0.15, 0.2) is 0 Å². The Bertz CT molecular complexity index is 1380. The van der Waals surface area contributed by atoms with Crippen molar-refractivity contribution in [1.82, 2.24) is 14.6 Å². The number of carbonyl (C=O) groups is 1. The van der Waals surface area contributed by atoms with E-state index in [9.17, 15) is 17.6 Å². The number of alkyl halides is 1. The molecule has 1 fully saturated rings. The van der Waals surface area contributed by atoms with Gasteiger partial charge in [0, 0.05) is 26.1 Å². The number of fused-ring (bicyclic) bond motifs is 2.